The van der Waals surface area contributed by atoms with Crippen molar-refractivity contribution in [3.05, 3.63) is 47.2 Å². The number of anilines is 1. The molecule has 2 aliphatic rings. The summed E-state index contributed by atoms with van der Waals surface area (Å²) in [4.78, 5) is 28.8. The Hall–Kier alpha value is -2.89. The van der Waals surface area contributed by atoms with Gasteiger partial charge < -0.3 is 15.7 Å². The van der Waals surface area contributed by atoms with Crippen LogP contribution < -0.4 is 10.6 Å². The second-order valence-electron chi connectivity index (χ2n) is 8.18. The molecule has 152 valence electrons. The van der Waals surface area contributed by atoms with Crippen LogP contribution in [0.4, 0.5) is 5.82 Å². The largest absolute Gasteiger partial charge is 0.478 e. The smallest absolute Gasteiger partial charge is 0.339 e. The van der Waals surface area contributed by atoms with Crippen molar-refractivity contribution in [2.24, 2.45) is 0 Å². The summed E-state index contributed by atoms with van der Waals surface area (Å²) in [6.45, 7) is 1.95. The maximum absolute atomic E-state index is 12.4. The first-order valence-corrected chi connectivity index (χ1v) is 10.4. The van der Waals surface area contributed by atoms with Gasteiger partial charge in [0.2, 0.25) is 0 Å². The lowest BCUT2D eigenvalue weighted by Crippen LogP contribution is -2.25. The lowest BCUT2D eigenvalue weighted by atomic mass is 9.95. The lowest BCUT2D eigenvalue weighted by Gasteiger charge is -2.24. The maximum atomic E-state index is 12.4. The summed E-state index contributed by atoms with van der Waals surface area (Å²) in [5.41, 5.74) is 3.25. The van der Waals surface area contributed by atoms with Crippen molar-refractivity contribution >= 4 is 17.7 Å². The quantitative estimate of drug-likeness (QED) is 0.677. The number of aromatic carboxylic acids is 1. The van der Waals surface area contributed by atoms with Crippen molar-refractivity contribution in [2.75, 3.05) is 5.32 Å². The van der Waals surface area contributed by atoms with E-state index in [0.717, 1.165) is 49.7 Å². The van der Waals surface area contributed by atoms with Gasteiger partial charge in [-0.1, -0.05) is 25.3 Å². The Morgan fingerprint density at radius 3 is 2.48 bits per heavy atom. The number of pyridine rings is 1. The van der Waals surface area contributed by atoms with Crippen molar-refractivity contribution in [3.63, 3.8) is 0 Å². The molecule has 1 amide bonds. The fourth-order valence-electron chi connectivity index (χ4n) is 3.90. The topological polar surface area (TPSA) is 91.3 Å². The third-order valence-electron chi connectivity index (χ3n) is 5.79. The first-order chi connectivity index (χ1) is 14.0. The molecule has 4 rings (SSSR count). The number of amides is 1. The van der Waals surface area contributed by atoms with E-state index in [9.17, 15) is 14.7 Å². The number of hydrogen-bond acceptors (Lipinski definition) is 4. The summed E-state index contributed by atoms with van der Waals surface area (Å²) in [5.74, 6) is -0.665. The fraction of sp³-hybridized carbons (Fsp3) is 0.435. The van der Waals surface area contributed by atoms with Gasteiger partial charge in [0.15, 0.2) is 0 Å². The molecule has 3 N–H and O–H groups in total. The highest BCUT2D eigenvalue weighted by atomic mass is 16.4. The van der Waals surface area contributed by atoms with Gasteiger partial charge in [0.25, 0.3) is 5.91 Å². The summed E-state index contributed by atoms with van der Waals surface area (Å²) in [6, 6.07) is 7.75. The van der Waals surface area contributed by atoms with Crippen LogP contribution >= 0.6 is 0 Å². The van der Waals surface area contributed by atoms with E-state index in [4.69, 9.17) is 0 Å². The summed E-state index contributed by atoms with van der Waals surface area (Å²) in [5, 5.41) is 16.1. The molecule has 6 nitrogen and oxygen atoms in total. The van der Waals surface area contributed by atoms with Gasteiger partial charge in [-0.15, -0.1) is 0 Å². The van der Waals surface area contributed by atoms with Crippen LogP contribution in [0, 0.1) is 6.92 Å². The zero-order valence-electron chi connectivity index (χ0n) is 16.7. The number of carbonyl (C=O) groups is 2. The Kier molecular flexibility index (Phi) is 5.51. The van der Waals surface area contributed by atoms with Gasteiger partial charge in [-0.3, -0.25) is 4.79 Å². The molecular weight excluding hydrogens is 366 g/mol. The molecule has 2 fully saturated rings. The van der Waals surface area contributed by atoms with Crippen LogP contribution in [0.25, 0.3) is 11.1 Å². The van der Waals surface area contributed by atoms with Crippen molar-refractivity contribution in [1.29, 1.82) is 0 Å². The van der Waals surface area contributed by atoms with Crippen LogP contribution in [0.3, 0.4) is 0 Å². The van der Waals surface area contributed by atoms with Gasteiger partial charge in [-0.25, -0.2) is 9.78 Å². The molecule has 0 spiro atoms. The second-order valence-corrected chi connectivity index (χ2v) is 8.18. The minimum atomic E-state index is -1.00. The summed E-state index contributed by atoms with van der Waals surface area (Å²) in [7, 11) is 0. The summed E-state index contributed by atoms with van der Waals surface area (Å²) < 4.78 is 0. The normalized spacial score (nSPS) is 17.0. The van der Waals surface area contributed by atoms with Crippen LogP contribution in [0.2, 0.25) is 0 Å². The van der Waals surface area contributed by atoms with Gasteiger partial charge in [0, 0.05) is 29.4 Å². The van der Waals surface area contributed by atoms with Crippen LogP contribution in [0.15, 0.2) is 30.5 Å². The van der Waals surface area contributed by atoms with Crippen molar-refractivity contribution in [3.8, 4) is 11.1 Å². The Labute approximate surface area is 170 Å². The number of aromatic nitrogens is 1. The van der Waals surface area contributed by atoms with E-state index < -0.39 is 5.97 Å². The highest BCUT2D eigenvalue weighted by Crippen LogP contribution is 2.29. The van der Waals surface area contributed by atoms with Gasteiger partial charge >= 0.3 is 5.97 Å². The average molecular weight is 393 g/mol. The molecular formula is C23H27N3O3. The number of carboxylic acids is 1. The zero-order valence-corrected chi connectivity index (χ0v) is 16.7. The third-order valence-corrected chi connectivity index (χ3v) is 5.79. The number of hydrogen-bond donors (Lipinski definition) is 3. The molecule has 2 aromatic rings. The highest BCUT2D eigenvalue weighted by Gasteiger charge is 2.24. The predicted octanol–water partition coefficient (Wildman–Crippen LogP) is 4.39. The van der Waals surface area contributed by atoms with Crippen LogP contribution in [-0.4, -0.2) is 34.1 Å². The van der Waals surface area contributed by atoms with Crippen molar-refractivity contribution in [1.82, 2.24) is 10.3 Å². The number of nitrogens with zero attached hydrogens (tertiary/aromatic N) is 1. The minimum absolute atomic E-state index is 0.0873. The molecule has 1 aromatic heterocycles. The number of carbonyl (C=O) groups excluding carboxylic acids is 1. The molecule has 1 heterocycles. The van der Waals surface area contributed by atoms with E-state index >= 15 is 0 Å². The Morgan fingerprint density at radius 1 is 1.03 bits per heavy atom. The monoisotopic (exact) mass is 393 g/mol. The lowest BCUT2D eigenvalue weighted by molar-refractivity contribution is 0.0697. The van der Waals surface area contributed by atoms with Crippen LogP contribution in [0.1, 0.15) is 71.2 Å². The molecule has 29 heavy (non-hydrogen) atoms. The van der Waals surface area contributed by atoms with Crippen molar-refractivity contribution in [2.45, 2.75) is 64.0 Å². The molecule has 0 atom stereocenters. The number of nitrogens with one attached hydrogen (secondary N) is 2. The SMILES string of the molecule is Cc1ccc(C(=O)NC2CC2)cc1-c1cnc(NC2CCCCC2)c(C(=O)O)c1. The molecule has 2 saturated carbocycles. The summed E-state index contributed by atoms with van der Waals surface area (Å²) in [6.07, 6.45) is 9.40. The molecule has 0 aliphatic heterocycles. The standard InChI is InChI=1S/C23H27N3O3/c1-14-7-8-15(22(27)26-18-9-10-18)11-19(14)16-12-20(23(28)29)21(24-13-16)25-17-5-3-2-4-6-17/h7-8,11-13,17-18H,2-6,9-10H2,1H3,(H,24,25)(H,26,27)(H,28,29). The Balaban J connectivity index is 1.63. The van der Waals surface area contributed by atoms with E-state index in [1.165, 1.54) is 6.42 Å². The number of rotatable bonds is 6. The first-order valence-electron chi connectivity index (χ1n) is 10.4. The van der Waals surface area contributed by atoms with Gasteiger partial charge in [0.05, 0.1) is 0 Å². The molecule has 1 aromatic carbocycles. The second kappa shape index (κ2) is 8.23. The van der Waals surface area contributed by atoms with E-state index in [2.05, 4.69) is 15.6 Å². The molecule has 2 aliphatic carbocycles. The van der Waals surface area contributed by atoms with Crippen LogP contribution in [-0.2, 0) is 0 Å². The molecule has 0 radical (unpaired) electrons. The number of benzene rings is 1. The molecule has 0 saturated heterocycles. The van der Waals surface area contributed by atoms with E-state index in [1.807, 2.05) is 19.1 Å². The van der Waals surface area contributed by atoms with Gasteiger partial charge in [-0.05, 0) is 61.9 Å². The highest BCUT2D eigenvalue weighted by molar-refractivity contribution is 5.97. The minimum Gasteiger partial charge on any atom is -0.478 e. The third kappa shape index (κ3) is 4.58. The Morgan fingerprint density at radius 2 is 1.79 bits per heavy atom. The summed E-state index contributed by atoms with van der Waals surface area (Å²) >= 11 is 0. The maximum Gasteiger partial charge on any atom is 0.339 e. The number of aryl methyl sites for hydroxylation is 1. The molecule has 0 bridgehead atoms. The fourth-order valence-corrected chi connectivity index (χ4v) is 3.90. The van der Waals surface area contributed by atoms with Gasteiger partial charge in [-0.2, -0.15) is 0 Å². The predicted molar refractivity (Wildman–Crippen MR) is 112 cm³/mol. The van der Waals surface area contributed by atoms with Gasteiger partial charge in [0.1, 0.15) is 11.4 Å². The Bertz CT molecular complexity index is 931. The van der Waals surface area contributed by atoms with Crippen molar-refractivity contribution < 1.29 is 14.7 Å². The molecule has 6 heteroatoms. The van der Waals surface area contributed by atoms with Crippen LogP contribution in [0.5, 0.6) is 0 Å². The van der Waals surface area contributed by atoms with E-state index in [-0.39, 0.29) is 23.6 Å². The first kappa shape index (κ1) is 19.4. The van der Waals surface area contributed by atoms with E-state index in [0.29, 0.717) is 16.9 Å². The zero-order chi connectivity index (χ0) is 20.4. The number of carboxylic acid groups (broad SMARTS) is 1. The molecule has 0 unspecified atom stereocenters. The van der Waals surface area contributed by atoms with E-state index in [1.54, 1.807) is 18.3 Å². The average Bonchev–Trinajstić information content (AvgIpc) is 3.53.